The normalized spacial score (nSPS) is 18.0. The Hall–Kier alpha value is -8.34. The van der Waals surface area contributed by atoms with Gasteiger partial charge in [0.2, 0.25) is 0 Å². The molecular formula is C83H84BN3. The van der Waals surface area contributed by atoms with Crippen molar-refractivity contribution in [3.8, 4) is 33.4 Å². The van der Waals surface area contributed by atoms with Crippen LogP contribution in [-0.4, -0.2) is 12.3 Å². The summed E-state index contributed by atoms with van der Waals surface area (Å²) in [5.41, 5.74) is 28.1. The van der Waals surface area contributed by atoms with Crippen LogP contribution in [0.5, 0.6) is 0 Å². The van der Waals surface area contributed by atoms with Crippen LogP contribution in [0.25, 0.3) is 33.4 Å². The molecule has 0 aromatic heterocycles. The van der Waals surface area contributed by atoms with Crippen molar-refractivity contribution in [2.75, 3.05) is 14.7 Å². The Labute approximate surface area is 519 Å². The Morgan fingerprint density at radius 2 is 0.759 bits per heavy atom. The summed E-state index contributed by atoms with van der Waals surface area (Å²) < 4.78 is 0. The zero-order valence-electron chi connectivity index (χ0n) is 53.6. The summed E-state index contributed by atoms with van der Waals surface area (Å²) in [6.07, 6.45) is 4.44. The Morgan fingerprint density at radius 3 is 1.26 bits per heavy atom. The highest BCUT2D eigenvalue weighted by molar-refractivity contribution is 7.00. The summed E-state index contributed by atoms with van der Waals surface area (Å²) in [6, 6.07) is 87.5. The lowest BCUT2D eigenvalue weighted by Gasteiger charge is -2.53. The lowest BCUT2D eigenvalue weighted by molar-refractivity contribution is 0.215. The molecule has 0 saturated heterocycles. The van der Waals surface area contributed by atoms with Gasteiger partial charge >= 0.3 is 0 Å². The van der Waals surface area contributed by atoms with Gasteiger partial charge in [0.05, 0.1) is 16.9 Å². The molecule has 4 heteroatoms. The smallest absolute Gasteiger partial charge is 0.252 e. The summed E-state index contributed by atoms with van der Waals surface area (Å²) in [5.74, 6) is 0. The standard InChI is InChI=1S/C83H84BN3/c1-78(2,3)60-38-43-70(65(49-60)56-30-20-15-21-31-56)85-73-48-58(55-28-18-14-19-29-55)36-41-68(73)84-69-42-37-63(81(10,11)12)52-74(69)86(71-44-39-61(79(4,5)6)50-66(71)57-32-22-16-23-33-57)76-54-64(53-75(85)77(76)84)87-72-45-40-62(80(7,8)9)51-67(72)83(59-34-24-17-25-35-59)47-27-26-46-82(83,87)13/h14-25,28-45,48-54H,26-27,46-47H2,1-13H3. The van der Waals surface area contributed by atoms with E-state index in [0.29, 0.717) is 0 Å². The Morgan fingerprint density at radius 1 is 0.345 bits per heavy atom. The van der Waals surface area contributed by atoms with Crippen molar-refractivity contribution in [3.63, 3.8) is 0 Å². The molecule has 1 fully saturated rings. The van der Waals surface area contributed by atoms with Gasteiger partial charge in [-0.25, -0.2) is 0 Å². The van der Waals surface area contributed by atoms with E-state index in [1.54, 1.807) is 0 Å². The maximum absolute atomic E-state index is 2.86. The number of rotatable bonds is 7. The third-order valence-corrected chi connectivity index (χ3v) is 20.4. The predicted octanol–water partition coefficient (Wildman–Crippen LogP) is 20.7. The molecule has 0 N–H and O–H groups in total. The third kappa shape index (κ3) is 9.13. The minimum Gasteiger partial charge on any atom is -0.334 e. The van der Waals surface area contributed by atoms with Crippen LogP contribution >= 0.6 is 0 Å². The van der Waals surface area contributed by atoms with Crippen LogP contribution in [0.15, 0.2) is 224 Å². The van der Waals surface area contributed by atoms with Crippen LogP contribution in [-0.2, 0) is 27.1 Å². The van der Waals surface area contributed by atoms with Gasteiger partial charge in [-0.05, 0) is 168 Å². The molecule has 1 aliphatic carbocycles. The van der Waals surface area contributed by atoms with Crippen LogP contribution < -0.4 is 31.1 Å². The summed E-state index contributed by atoms with van der Waals surface area (Å²) >= 11 is 0. The van der Waals surface area contributed by atoms with E-state index in [1.165, 1.54) is 129 Å². The minimum absolute atomic E-state index is 0.0410. The van der Waals surface area contributed by atoms with E-state index >= 15 is 0 Å². The lowest BCUT2D eigenvalue weighted by atomic mass is 9.33. The first kappa shape index (κ1) is 56.5. The van der Waals surface area contributed by atoms with Crippen LogP contribution in [0.3, 0.4) is 0 Å². The highest BCUT2D eigenvalue weighted by atomic mass is 15.3. The van der Waals surface area contributed by atoms with Gasteiger partial charge in [-0.3, -0.25) is 0 Å². The average molecular weight is 1130 g/mol. The largest absolute Gasteiger partial charge is 0.334 e. The van der Waals surface area contributed by atoms with Gasteiger partial charge in [0.25, 0.3) is 6.71 Å². The Kier molecular flexibility index (Phi) is 13.2. The van der Waals surface area contributed by atoms with Crippen LogP contribution in [0.2, 0.25) is 0 Å². The zero-order valence-corrected chi connectivity index (χ0v) is 53.6. The number of nitrogens with zero attached hydrogens (tertiary/aromatic N) is 3. The fraction of sp³-hybridized carbons (Fsp3) is 0.277. The summed E-state index contributed by atoms with van der Waals surface area (Å²) in [7, 11) is 0. The van der Waals surface area contributed by atoms with E-state index in [4.69, 9.17) is 0 Å². The van der Waals surface area contributed by atoms with Crippen molar-refractivity contribution in [2.45, 2.75) is 148 Å². The summed E-state index contributed by atoms with van der Waals surface area (Å²) in [4.78, 5) is 8.28. The molecule has 2 unspecified atom stereocenters. The van der Waals surface area contributed by atoms with Crippen molar-refractivity contribution in [3.05, 3.63) is 258 Å². The van der Waals surface area contributed by atoms with E-state index in [0.717, 1.165) is 24.9 Å². The van der Waals surface area contributed by atoms with Gasteiger partial charge in [0.1, 0.15) is 0 Å². The predicted molar refractivity (Wildman–Crippen MR) is 374 cm³/mol. The molecule has 0 radical (unpaired) electrons. The van der Waals surface area contributed by atoms with Gasteiger partial charge < -0.3 is 14.7 Å². The van der Waals surface area contributed by atoms with Crippen LogP contribution in [0.1, 0.15) is 149 Å². The van der Waals surface area contributed by atoms with E-state index in [-0.39, 0.29) is 39.3 Å². The Balaban J connectivity index is 1.17. The maximum Gasteiger partial charge on any atom is 0.252 e. The number of benzene rings is 10. The van der Waals surface area contributed by atoms with Gasteiger partial charge in [-0.15, -0.1) is 0 Å². The first-order chi connectivity index (χ1) is 41.5. The van der Waals surface area contributed by atoms with Crippen molar-refractivity contribution in [1.29, 1.82) is 0 Å². The molecule has 3 aliphatic heterocycles. The molecule has 4 aliphatic rings. The minimum atomic E-state index is -0.340. The second-order valence-corrected chi connectivity index (χ2v) is 29.9. The highest BCUT2D eigenvalue weighted by Gasteiger charge is 2.62. The van der Waals surface area contributed by atoms with E-state index in [2.05, 4.69) is 329 Å². The number of hydrogen-bond donors (Lipinski definition) is 0. The molecule has 14 rings (SSSR count). The van der Waals surface area contributed by atoms with E-state index in [9.17, 15) is 0 Å². The molecule has 1 saturated carbocycles. The van der Waals surface area contributed by atoms with Crippen molar-refractivity contribution >= 4 is 68.6 Å². The molecule has 3 nitrogen and oxygen atoms in total. The van der Waals surface area contributed by atoms with Gasteiger partial charge in [-0.1, -0.05) is 266 Å². The highest BCUT2D eigenvalue weighted by Crippen LogP contribution is 2.65. The maximum atomic E-state index is 2.86. The van der Waals surface area contributed by atoms with Crippen molar-refractivity contribution in [1.82, 2.24) is 0 Å². The summed E-state index contributed by atoms with van der Waals surface area (Å²) in [6.45, 7) is 30.8. The molecule has 10 aromatic rings. The summed E-state index contributed by atoms with van der Waals surface area (Å²) in [5, 5.41) is 0. The third-order valence-electron chi connectivity index (χ3n) is 20.4. The quantitative estimate of drug-likeness (QED) is 0.147. The molecule has 434 valence electrons. The van der Waals surface area contributed by atoms with E-state index in [1.807, 2.05) is 0 Å². The zero-order chi connectivity index (χ0) is 60.6. The molecule has 3 heterocycles. The second kappa shape index (κ2) is 20.4. The van der Waals surface area contributed by atoms with E-state index < -0.39 is 0 Å². The molecule has 0 amide bonds. The topological polar surface area (TPSA) is 9.72 Å². The first-order valence-corrected chi connectivity index (χ1v) is 32.1. The molecular weight excluding hydrogens is 1050 g/mol. The second-order valence-electron chi connectivity index (χ2n) is 29.9. The van der Waals surface area contributed by atoms with Gasteiger partial charge in [0, 0.05) is 50.7 Å². The van der Waals surface area contributed by atoms with Crippen molar-refractivity contribution in [2.24, 2.45) is 0 Å². The molecule has 2 atom stereocenters. The molecule has 0 spiro atoms. The van der Waals surface area contributed by atoms with Crippen LogP contribution in [0, 0.1) is 0 Å². The molecule has 87 heavy (non-hydrogen) atoms. The number of anilines is 8. The molecule has 0 bridgehead atoms. The van der Waals surface area contributed by atoms with Crippen LogP contribution in [0.4, 0.5) is 45.5 Å². The fourth-order valence-corrected chi connectivity index (χ4v) is 15.6. The fourth-order valence-electron chi connectivity index (χ4n) is 15.6. The SMILES string of the molecule is CC(C)(C)c1ccc(N2c3cc(-c4ccccc4)ccc3B3c4ccc(C(C)(C)C)cc4N(c4ccc(C(C)(C)C)cc4-c4ccccc4)c4cc(N5c6ccc(C(C)(C)C)cc6C6(c7ccccc7)CCCCC56C)cc2c43)c(-c2ccccc2)c1. The number of fused-ring (bicyclic) bond motifs is 7. The average Bonchev–Trinajstić information content (AvgIpc) is 1.64. The van der Waals surface area contributed by atoms with Gasteiger partial charge in [0.15, 0.2) is 0 Å². The number of hydrogen-bond acceptors (Lipinski definition) is 3. The Bertz CT molecular complexity index is 4290. The molecule has 10 aromatic carbocycles. The van der Waals surface area contributed by atoms with Crippen molar-refractivity contribution < 1.29 is 0 Å². The first-order valence-electron chi connectivity index (χ1n) is 32.1. The lowest BCUT2D eigenvalue weighted by Crippen LogP contribution is -2.61. The van der Waals surface area contributed by atoms with Gasteiger partial charge in [-0.2, -0.15) is 0 Å². The monoisotopic (exact) mass is 1130 g/mol.